The molecule has 0 radical (unpaired) electrons. The van der Waals surface area contributed by atoms with E-state index in [1.807, 2.05) is 0 Å². The fourth-order valence-corrected chi connectivity index (χ4v) is 2.65. The summed E-state index contributed by atoms with van der Waals surface area (Å²) in [5.74, 6) is 0.552. The number of rotatable bonds is 2. The van der Waals surface area contributed by atoms with Crippen molar-refractivity contribution in [2.75, 3.05) is 0 Å². The summed E-state index contributed by atoms with van der Waals surface area (Å²) in [7, 11) is 0. The Hall–Kier alpha value is -0.800. The lowest BCUT2D eigenvalue weighted by atomic mass is 9.87. The number of carbonyl (C=O) groups is 1. The first-order valence-electron chi connectivity index (χ1n) is 6.18. The first-order chi connectivity index (χ1) is 8.56. The summed E-state index contributed by atoms with van der Waals surface area (Å²) >= 11 is 11.6. The van der Waals surface area contributed by atoms with Crippen molar-refractivity contribution in [1.82, 2.24) is 10.3 Å². The van der Waals surface area contributed by atoms with Gasteiger partial charge in [-0.2, -0.15) is 0 Å². The first-order valence-corrected chi connectivity index (χ1v) is 6.93. The highest BCUT2D eigenvalue weighted by atomic mass is 35.5. The van der Waals surface area contributed by atoms with E-state index in [0.29, 0.717) is 16.5 Å². The third kappa shape index (κ3) is 3.36. The van der Waals surface area contributed by atoms with Gasteiger partial charge in [-0.05, 0) is 24.8 Å². The van der Waals surface area contributed by atoms with Gasteiger partial charge in [0.25, 0.3) is 5.91 Å². The van der Waals surface area contributed by atoms with Crippen molar-refractivity contribution in [3.63, 3.8) is 0 Å². The number of halogens is 2. The molecule has 0 spiro atoms. The fraction of sp³-hybridized carbons (Fsp3) is 0.538. The molecule has 1 aliphatic carbocycles. The molecule has 1 heterocycles. The number of hydrogen-bond donors (Lipinski definition) is 1. The molecule has 0 saturated heterocycles. The zero-order chi connectivity index (χ0) is 13.1. The topological polar surface area (TPSA) is 42.0 Å². The smallest absolute Gasteiger partial charge is 0.253 e. The summed E-state index contributed by atoms with van der Waals surface area (Å²) in [5, 5.41) is 3.56. The van der Waals surface area contributed by atoms with Crippen LogP contribution in [0.15, 0.2) is 12.3 Å². The summed E-state index contributed by atoms with van der Waals surface area (Å²) < 4.78 is 0. The Kier molecular flexibility index (Phi) is 4.46. The van der Waals surface area contributed by atoms with Crippen LogP contribution in [0.1, 0.15) is 43.0 Å². The minimum absolute atomic E-state index is 0.125. The monoisotopic (exact) mass is 286 g/mol. The van der Waals surface area contributed by atoms with Crippen LogP contribution in [0.3, 0.4) is 0 Å². The van der Waals surface area contributed by atoms with Crippen molar-refractivity contribution in [2.45, 2.75) is 38.6 Å². The van der Waals surface area contributed by atoms with Crippen LogP contribution in [-0.2, 0) is 0 Å². The van der Waals surface area contributed by atoms with Gasteiger partial charge < -0.3 is 5.32 Å². The van der Waals surface area contributed by atoms with Gasteiger partial charge in [0.05, 0.1) is 10.6 Å². The first kappa shape index (κ1) is 13.6. The zero-order valence-electron chi connectivity index (χ0n) is 10.2. The highest BCUT2D eigenvalue weighted by molar-refractivity contribution is 6.41. The van der Waals surface area contributed by atoms with Crippen LogP contribution in [0, 0.1) is 5.92 Å². The lowest BCUT2D eigenvalue weighted by Gasteiger charge is -2.27. The zero-order valence-corrected chi connectivity index (χ0v) is 11.8. The predicted octanol–water partition coefficient (Wildman–Crippen LogP) is 3.70. The molecule has 18 heavy (non-hydrogen) atoms. The van der Waals surface area contributed by atoms with E-state index in [4.69, 9.17) is 23.2 Å². The van der Waals surface area contributed by atoms with E-state index >= 15 is 0 Å². The van der Waals surface area contributed by atoms with Crippen LogP contribution in [0.5, 0.6) is 0 Å². The van der Waals surface area contributed by atoms with E-state index in [1.165, 1.54) is 19.0 Å². The van der Waals surface area contributed by atoms with E-state index in [2.05, 4.69) is 17.2 Å². The van der Waals surface area contributed by atoms with E-state index in [1.54, 1.807) is 6.07 Å². The minimum Gasteiger partial charge on any atom is -0.349 e. The van der Waals surface area contributed by atoms with Crippen LogP contribution in [-0.4, -0.2) is 16.9 Å². The molecular weight excluding hydrogens is 271 g/mol. The molecule has 0 aliphatic heterocycles. The Labute approximate surface area is 117 Å². The number of pyridine rings is 1. The second-order valence-electron chi connectivity index (χ2n) is 4.94. The molecule has 0 unspecified atom stereocenters. The maximum atomic E-state index is 12.0. The van der Waals surface area contributed by atoms with Crippen molar-refractivity contribution in [2.24, 2.45) is 5.92 Å². The third-order valence-electron chi connectivity index (χ3n) is 3.33. The number of nitrogens with zero attached hydrogens (tertiary/aromatic N) is 1. The van der Waals surface area contributed by atoms with Crippen molar-refractivity contribution >= 4 is 29.1 Å². The molecule has 2 rings (SSSR count). The van der Waals surface area contributed by atoms with Gasteiger partial charge in [0.1, 0.15) is 5.15 Å². The maximum absolute atomic E-state index is 12.0. The van der Waals surface area contributed by atoms with Crippen molar-refractivity contribution in [3.8, 4) is 0 Å². The third-order valence-corrected chi connectivity index (χ3v) is 4.02. The number of nitrogens with one attached hydrogen (secondary N) is 1. The molecule has 2 atom stereocenters. The van der Waals surface area contributed by atoms with E-state index < -0.39 is 0 Å². The number of aromatic nitrogens is 1. The molecule has 1 N–H and O–H groups in total. The highest BCUT2D eigenvalue weighted by Crippen LogP contribution is 2.24. The van der Waals surface area contributed by atoms with Gasteiger partial charge in [-0.3, -0.25) is 4.79 Å². The lowest BCUT2D eigenvalue weighted by molar-refractivity contribution is 0.0921. The fourth-order valence-electron chi connectivity index (χ4n) is 2.38. The molecule has 1 aliphatic rings. The minimum atomic E-state index is -0.125. The Morgan fingerprint density at radius 3 is 2.89 bits per heavy atom. The Balaban J connectivity index is 2.00. The molecule has 1 aromatic heterocycles. The largest absolute Gasteiger partial charge is 0.349 e. The number of amides is 1. The van der Waals surface area contributed by atoms with Gasteiger partial charge in [-0.25, -0.2) is 4.98 Å². The Morgan fingerprint density at radius 2 is 2.22 bits per heavy atom. The molecule has 0 aromatic carbocycles. The summed E-state index contributed by atoms with van der Waals surface area (Å²) in [4.78, 5) is 15.9. The van der Waals surface area contributed by atoms with Crippen LogP contribution < -0.4 is 5.32 Å². The summed E-state index contributed by atoms with van der Waals surface area (Å²) in [6, 6.07) is 1.81. The predicted molar refractivity (Wildman–Crippen MR) is 73.1 cm³/mol. The van der Waals surface area contributed by atoms with Gasteiger partial charge in [0, 0.05) is 12.2 Å². The van der Waals surface area contributed by atoms with Crippen molar-refractivity contribution in [3.05, 3.63) is 28.0 Å². The van der Waals surface area contributed by atoms with E-state index in [9.17, 15) is 4.79 Å². The molecule has 5 heteroatoms. The van der Waals surface area contributed by atoms with Crippen molar-refractivity contribution < 1.29 is 4.79 Å². The molecular formula is C13H16Cl2N2O. The summed E-state index contributed by atoms with van der Waals surface area (Å²) in [6.07, 6.45) is 5.97. The number of hydrogen-bond acceptors (Lipinski definition) is 2. The SMILES string of the molecule is C[C@H]1CCC[C@@H](NC(=O)c2cnc(Cl)c(Cl)c2)C1. The van der Waals surface area contributed by atoms with E-state index in [-0.39, 0.29) is 17.1 Å². The number of carbonyl (C=O) groups excluding carboxylic acids is 1. The maximum Gasteiger partial charge on any atom is 0.253 e. The van der Waals surface area contributed by atoms with Gasteiger partial charge in [0.15, 0.2) is 0 Å². The van der Waals surface area contributed by atoms with E-state index in [0.717, 1.165) is 12.8 Å². The van der Waals surface area contributed by atoms with Crippen LogP contribution in [0.25, 0.3) is 0 Å². The second kappa shape index (κ2) is 5.89. The van der Waals surface area contributed by atoms with Gasteiger partial charge in [-0.15, -0.1) is 0 Å². The Bertz CT molecular complexity index is 451. The standard InChI is InChI=1S/C13H16Cl2N2O/c1-8-3-2-4-10(5-8)17-13(18)9-6-11(14)12(15)16-7-9/h6-8,10H,2-5H2,1H3,(H,17,18)/t8-,10+/m0/s1. The van der Waals surface area contributed by atoms with Crippen molar-refractivity contribution in [1.29, 1.82) is 0 Å². The summed E-state index contributed by atoms with van der Waals surface area (Å²) in [6.45, 7) is 2.22. The average molecular weight is 287 g/mol. The van der Waals surface area contributed by atoms with Gasteiger partial charge in [-0.1, -0.05) is 43.0 Å². The molecule has 98 valence electrons. The van der Waals surface area contributed by atoms with Crippen LogP contribution in [0.4, 0.5) is 0 Å². The Morgan fingerprint density at radius 1 is 1.44 bits per heavy atom. The average Bonchev–Trinajstić information content (AvgIpc) is 2.32. The lowest BCUT2D eigenvalue weighted by Crippen LogP contribution is -2.38. The normalized spacial score (nSPS) is 23.7. The summed E-state index contributed by atoms with van der Waals surface area (Å²) in [5.41, 5.74) is 0.461. The molecule has 1 amide bonds. The molecule has 3 nitrogen and oxygen atoms in total. The highest BCUT2D eigenvalue weighted by Gasteiger charge is 2.21. The van der Waals surface area contributed by atoms with Crippen LogP contribution >= 0.6 is 23.2 Å². The molecule has 1 fully saturated rings. The van der Waals surface area contributed by atoms with Gasteiger partial charge >= 0.3 is 0 Å². The van der Waals surface area contributed by atoms with Gasteiger partial charge in [0.2, 0.25) is 0 Å². The van der Waals surface area contributed by atoms with Crippen LogP contribution in [0.2, 0.25) is 10.2 Å². The molecule has 1 aromatic rings. The molecule has 0 bridgehead atoms. The quantitative estimate of drug-likeness (QED) is 0.843. The second-order valence-corrected chi connectivity index (χ2v) is 5.70. The molecule has 1 saturated carbocycles.